The van der Waals surface area contributed by atoms with Crippen LogP contribution in [0.4, 0.5) is 0 Å². The third-order valence-electron chi connectivity index (χ3n) is 3.50. The van der Waals surface area contributed by atoms with Gasteiger partial charge in [0.25, 0.3) is 5.91 Å². The molecule has 0 aliphatic heterocycles. The Morgan fingerprint density at radius 2 is 1.95 bits per heavy atom. The molecule has 0 spiro atoms. The Morgan fingerprint density at radius 3 is 2.71 bits per heavy atom. The van der Waals surface area contributed by atoms with Crippen LogP contribution in [0.5, 0.6) is 0 Å². The molecule has 0 saturated carbocycles. The molecule has 1 aromatic carbocycles. The van der Waals surface area contributed by atoms with Gasteiger partial charge >= 0.3 is 0 Å². The van der Waals surface area contributed by atoms with E-state index in [2.05, 4.69) is 11.1 Å². The van der Waals surface area contributed by atoms with Crippen LogP contribution >= 0.6 is 11.3 Å². The number of aromatic nitrogens is 1. The Labute approximate surface area is 127 Å². The highest BCUT2D eigenvalue weighted by Crippen LogP contribution is 2.27. The van der Waals surface area contributed by atoms with E-state index in [1.54, 1.807) is 23.7 Å². The van der Waals surface area contributed by atoms with Gasteiger partial charge in [0.15, 0.2) is 0 Å². The molecule has 0 aliphatic rings. The van der Waals surface area contributed by atoms with Crippen molar-refractivity contribution in [3.8, 4) is 0 Å². The molecule has 0 aliphatic carbocycles. The first-order valence-electron chi connectivity index (χ1n) is 6.94. The Kier molecular flexibility index (Phi) is 3.97. The summed E-state index contributed by atoms with van der Waals surface area (Å²) in [5.41, 5.74) is 1.89. The molecule has 0 saturated heterocycles. The zero-order valence-corrected chi connectivity index (χ0v) is 12.6. The summed E-state index contributed by atoms with van der Waals surface area (Å²) in [6.45, 7) is 3.31. The molecule has 3 nitrogen and oxygen atoms in total. The molecule has 106 valence electrons. The minimum absolute atomic E-state index is 0.0896. The number of carbonyl (C=O) groups is 1. The van der Waals surface area contributed by atoms with Crippen LogP contribution in [0.3, 0.4) is 0 Å². The number of nitrogens with zero attached hydrogens (tertiary/aromatic N) is 2. The molecular formula is C17H16N2OS. The van der Waals surface area contributed by atoms with Crippen molar-refractivity contribution < 1.29 is 4.79 Å². The van der Waals surface area contributed by atoms with Gasteiger partial charge in [-0.2, -0.15) is 0 Å². The maximum absolute atomic E-state index is 12.8. The average molecular weight is 296 g/mol. The second kappa shape index (κ2) is 6.06. The number of amides is 1. The number of fused-ring (bicyclic) bond motifs is 1. The first-order valence-corrected chi connectivity index (χ1v) is 7.82. The van der Waals surface area contributed by atoms with Crippen LogP contribution in [0, 0.1) is 0 Å². The van der Waals surface area contributed by atoms with Gasteiger partial charge in [0.1, 0.15) is 0 Å². The van der Waals surface area contributed by atoms with E-state index in [4.69, 9.17) is 0 Å². The molecule has 0 bridgehead atoms. The fraction of sp³-hybridized carbons (Fsp3) is 0.176. The van der Waals surface area contributed by atoms with Crippen molar-refractivity contribution in [2.45, 2.75) is 13.5 Å². The zero-order chi connectivity index (χ0) is 14.7. The van der Waals surface area contributed by atoms with Crippen molar-refractivity contribution in [1.82, 2.24) is 9.88 Å². The number of pyridine rings is 1. The lowest BCUT2D eigenvalue weighted by Crippen LogP contribution is -2.30. The highest BCUT2D eigenvalue weighted by Gasteiger charge is 2.18. The predicted octanol–water partition coefficient (Wildman–Crippen LogP) is 3.96. The quantitative estimate of drug-likeness (QED) is 0.730. The topological polar surface area (TPSA) is 33.2 Å². The van der Waals surface area contributed by atoms with Crippen molar-refractivity contribution in [1.29, 1.82) is 0 Å². The Balaban J connectivity index is 1.88. The molecular weight excluding hydrogens is 280 g/mol. The Bertz CT molecular complexity index is 752. The first-order chi connectivity index (χ1) is 10.3. The number of rotatable bonds is 4. The van der Waals surface area contributed by atoms with Crippen LogP contribution < -0.4 is 0 Å². The van der Waals surface area contributed by atoms with Gasteiger partial charge in [-0.1, -0.05) is 18.2 Å². The van der Waals surface area contributed by atoms with Gasteiger partial charge in [0.05, 0.1) is 5.56 Å². The third-order valence-corrected chi connectivity index (χ3v) is 4.47. The van der Waals surface area contributed by atoms with E-state index in [1.807, 2.05) is 47.5 Å². The van der Waals surface area contributed by atoms with Crippen LogP contribution in [0.15, 0.2) is 54.2 Å². The summed E-state index contributed by atoms with van der Waals surface area (Å²) in [6, 6.07) is 11.9. The van der Waals surface area contributed by atoms with Crippen LogP contribution in [0.25, 0.3) is 10.1 Å². The molecule has 0 radical (unpaired) electrons. The summed E-state index contributed by atoms with van der Waals surface area (Å²) in [5, 5.41) is 3.00. The molecule has 0 N–H and O–H groups in total. The number of carbonyl (C=O) groups excluding carboxylic acids is 1. The molecule has 0 fully saturated rings. The van der Waals surface area contributed by atoms with Gasteiger partial charge in [-0.3, -0.25) is 9.78 Å². The van der Waals surface area contributed by atoms with Gasteiger partial charge in [0.2, 0.25) is 0 Å². The van der Waals surface area contributed by atoms with Crippen LogP contribution in [0.1, 0.15) is 22.8 Å². The van der Waals surface area contributed by atoms with Gasteiger partial charge in [-0.05, 0) is 30.7 Å². The van der Waals surface area contributed by atoms with Crippen molar-refractivity contribution in [2.75, 3.05) is 6.54 Å². The second-order valence-electron chi connectivity index (χ2n) is 4.82. The van der Waals surface area contributed by atoms with Crippen molar-refractivity contribution in [2.24, 2.45) is 0 Å². The van der Waals surface area contributed by atoms with Gasteiger partial charge in [0, 0.05) is 40.9 Å². The van der Waals surface area contributed by atoms with Crippen LogP contribution in [-0.2, 0) is 6.54 Å². The molecule has 0 unspecified atom stereocenters. The third kappa shape index (κ3) is 2.81. The van der Waals surface area contributed by atoms with Gasteiger partial charge < -0.3 is 4.90 Å². The molecule has 0 atom stereocenters. The van der Waals surface area contributed by atoms with Crippen molar-refractivity contribution in [3.05, 3.63) is 65.3 Å². The monoisotopic (exact) mass is 296 g/mol. The highest BCUT2D eigenvalue weighted by molar-refractivity contribution is 7.17. The van der Waals surface area contributed by atoms with Crippen molar-refractivity contribution >= 4 is 27.3 Å². The predicted molar refractivity (Wildman–Crippen MR) is 86.5 cm³/mol. The van der Waals surface area contributed by atoms with Gasteiger partial charge in [-0.15, -0.1) is 11.3 Å². The Morgan fingerprint density at radius 1 is 1.19 bits per heavy atom. The Hall–Kier alpha value is -2.20. The fourth-order valence-corrected chi connectivity index (χ4v) is 3.28. The molecule has 3 aromatic rings. The van der Waals surface area contributed by atoms with E-state index in [0.29, 0.717) is 13.1 Å². The molecule has 3 rings (SSSR count). The normalized spacial score (nSPS) is 10.7. The number of hydrogen-bond donors (Lipinski definition) is 0. The largest absolute Gasteiger partial charge is 0.335 e. The minimum Gasteiger partial charge on any atom is -0.335 e. The number of benzene rings is 1. The van der Waals surface area contributed by atoms with Crippen LogP contribution in [0.2, 0.25) is 0 Å². The second-order valence-corrected chi connectivity index (χ2v) is 5.73. The van der Waals surface area contributed by atoms with E-state index >= 15 is 0 Å². The standard InChI is InChI=1S/C17H16N2OS/c1-2-19(11-13-7-9-18-10-8-13)17(20)15-12-21-16-6-4-3-5-14(15)16/h3-10,12H,2,11H2,1H3. The molecule has 4 heteroatoms. The van der Waals surface area contributed by atoms with Gasteiger partial charge in [-0.25, -0.2) is 0 Å². The van der Waals surface area contributed by atoms with Crippen molar-refractivity contribution in [3.63, 3.8) is 0 Å². The molecule has 1 amide bonds. The molecule has 2 heterocycles. The summed E-state index contributed by atoms with van der Waals surface area (Å²) in [6.07, 6.45) is 3.52. The minimum atomic E-state index is 0.0896. The summed E-state index contributed by atoms with van der Waals surface area (Å²) < 4.78 is 1.15. The average Bonchev–Trinajstić information content (AvgIpc) is 2.97. The zero-order valence-electron chi connectivity index (χ0n) is 11.8. The lowest BCUT2D eigenvalue weighted by Gasteiger charge is -2.20. The lowest BCUT2D eigenvalue weighted by atomic mass is 10.1. The summed E-state index contributed by atoms with van der Waals surface area (Å²) in [4.78, 5) is 18.6. The summed E-state index contributed by atoms with van der Waals surface area (Å²) >= 11 is 1.62. The van der Waals surface area contributed by atoms with E-state index < -0.39 is 0 Å². The van der Waals surface area contributed by atoms with E-state index in [0.717, 1.165) is 21.2 Å². The summed E-state index contributed by atoms with van der Waals surface area (Å²) in [7, 11) is 0. The lowest BCUT2D eigenvalue weighted by molar-refractivity contribution is 0.0755. The molecule has 21 heavy (non-hydrogen) atoms. The number of thiophene rings is 1. The fourth-order valence-electron chi connectivity index (χ4n) is 2.35. The van der Waals surface area contributed by atoms with E-state index in [1.165, 1.54) is 0 Å². The molecule has 2 aromatic heterocycles. The highest BCUT2D eigenvalue weighted by atomic mass is 32.1. The maximum atomic E-state index is 12.8. The first kappa shape index (κ1) is 13.8. The maximum Gasteiger partial charge on any atom is 0.255 e. The SMILES string of the molecule is CCN(Cc1ccncc1)C(=O)c1csc2ccccc12. The summed E-state index contributed by atoms with van der Waals surface area (Å²) in [5.74, 6) is 0.0896. The number of hydrogen-bond acceptors (Lipinski definition) is 3. The van der Waals surface area contributed by atoms with E-state index in [9.17, 15) is 4.79 Å². The van der Waals surface area contributed by atoms with Crippen LogP contribution in [-0.4, -0.2) is 22.3 Å². The van der Waals surface area contributed by atoms with E-state index in [-0.39, 0.29) is 5.91 Å². The smallest absolute Gasteiger partial charge is 0.255 e.